The molecular weight excluding hydrogens is 216 g/mol. The van der Waals surface area contributed by atoms with Gasteiger partial charge >= 0.3 is 0 Å². The largest absolute Gasteiger partial charge is 0.348 e. The second-order valence-electron chi connectivity index (χ2n) is 5.06. The van der Waals surface area contributed by atoms with Crippen LogP contribution in [-0.2, 0) is 0 Å². The van der Waals surface area contributed by atoms with Crippen LogP contribution in [0.25, 0.3) is 0 Å². The lowest BCUT2D eigenvalue weighted by Gasteiger charge is -2.34. The number of H-pyrrole nitrogens is 1. The Morgan fingerprint density at radius 1 is 1.24 bits per heavy atom. The van der Waals surface area contributed by atoms with Crippen LogP contribution in [0, 0.1) is 0 Å². The molecule has 0 aliphatic carbocycles. The lowest BCUT2D eigenvalue weighted by Crippen LogP contribution is -2.45. The fourth-order valence-electron chi connectivity index (χ4n) is 1.79. The molecule has 0 radical (unpaired) electrons. The molecule has 1 heterocycles. The van der Waals surface area contributed by atoms with E-state index in [0.717, 1.165) is 0 Å². The number of aromatic amines is 1. The number of nitrogens with zero attached hydrogens (tertiary/aromatic N) is 1. The summed E-state index contributed by atoms with van der Waals surface area (Å²) in [6.07, 6.45) is 0. The fourth-order valence-corrected chi connectivity index (χ4v) is 1.79. The second-order valence-corrected chi connectivity index (χ2v) is 5.06. The molecule has 4 heteroatoms. The lowest BCUT2D eigenvalue weighted by atomic mass is 10.1. The highest BCUT2D eigenvalue weighted by atomic mass is 16.2. The van der Waals surface area contributed by atoms with Gasteiger partial charge in [0.1, 0.15) is 5.69 Å². The number of rotatable bonds is 3. The highest BCUT2D eigenvalue weighted by Gasteiger charge is 2.26. The van der Waals surface area contributed by atoms with Gasteiger partial charge in [-0.1, -0.05) is 0 Å². The summed E-state index contributed by atoms with van der Waals surface area (Å²) in [6.45, 7) is 10.0. The van der Waals surface area contributed by atoms with Gasteiger partial charge in [-0.25, -0.2) is 0 Å². The Labute approximate surface area is 102 Å². The minimum Gasteiger partial charge on any atom is -0.348 e. The molecule has 0 aliphatic rings. The Morgan fingerprint density at radius 3 is 2.12 bits per heavy atom. The number of nitrogens with one attached hydrogen (secondary N) is 1. The Hall–Kier alpha value is -1.58. The zero-order valence-electron chi connectivity index (χ0n) is 11.1. The zero-order chi connectivity index (χ0) is 13.2. The van der Waals surface area contributed by atoms with Crippen molar-refractivity contribution in [2.24, 2.45) is 0 Å². The molecule has 1 N–H and O–H groups in total. The molecular formula is C13H20N2O2. The van der Waals surface area contributed by atoms with Crippen LogP contribution in [0.3, 0.4) is 0 Å². The van der Waals surface area contributed by atoms with Crippen molar-refractivity contribution in [1.82, 2.24) is 9.88 Å². The fraction of sp³-hybridized carbons (Fsp3) is 0.538. The summed E-state index contributed by atoms with van der Waals surface area (Å²) in [5, 5.41) is 0. The summed E-state index contributed by atoms with van der Waals surface area (Å²) in [7, 11) is 0. The molecule has 1 amide bonds. The Kier molecular flexibility index (Phi) is 3.76. The normalized spacial score (nSPS) is 11.4. The van der Waals surface area contributed by atoms with Crippen molar-refractivity contribution in [2.45, 2.75) is 40.2 Å². The minimum atomic E-state index is -0.229. The topological polar surface area (TPSA) is 53.2 Å². The van der Waals surface area contributed by atoms with Crippen molar-refractivity contribution in [3.05, 3.63) is 23.5 Å². The first-order chi connectivity index (χ1) is 7.77. The molecule has 0 saturated heterocycles. The molecule has 17 heavy (non-hydrogen) atoms. The van der Waals surface area contributed by atoms with Crippen LogP contribution in [0.2, 0.25) is 0 Å². The van der Waals surface area contributed by atoms with Gasteiger partial charge in [-0.05, 0) is 39.8 Å². The van der Waals surface area contributed by atoms with Gasteiger partial charge in [-0.2, -0.15) is 0 Å². The van der Waals surface area contributed by atoms with Crippen LogP contribution >= 0.6 is 0 Å². The van der Waals surface area contributed by atoms with Crippen molar-refractivity contribution in [1.29, 1.82) is 0 Å². The number of hydrogen-bond donors (Lipinski definition) is 1. The number of ketones is 1. The highest BCUT2D eigenvalue weighted by molar-refractivity contribution is 5.97. The molecule has 0 spiro atoms. The number of carbonyl (C=O) groups is 2. The van der Waals surface area contributed by atoms with Gasteiger partial charge in [0.05, 0.1) is 5.69 Å². The van der Waals surface area contributed by atoms with E-state index in [1.165, 1.54) is 6.92 Å². The SMILES string of the molecule is CCN(C(=O)c1ccc(C(C)=O)[nH]1)C(C)(C)C. The van der Waals surface area contributed by atoms with Gasteiger partial charge in [0.25, 0.3) is 5.91 Å². The van der Waals surface area contributed by atoms with Crippen LogP contribution in [0.1, 0.15) is 55.6 Å². The molecule has 0 atom stereocenters. The maximum Gasteiger partial charge on any atom is 0.270 e. The summed E-state index contributed by atoms with van der Waals surface area (Å²) >= 11 is 0. The molecule has 94 valence electrons. The Balaban J connectivity index is 2.98. The van der Waals surface area contributed by atoms with Crippen molar-refractivity contribution >= 4 is 11.7 Å². The summed E-state index contributed by atoms with van der Waals surface area (Å²) in [6, 6.07) is 3.31. The summed E-state index contributed by atoms with van der Waals surface area (Å²) < 4.78 is 0. The standard InChI is InChI=1S/C13H20N2O2/c1-6-15(13(3,4)5)12(17)11-8-7-10(14-11)9(2)16/h7-8,14H,6H2,1-5H3. The molecule has 0 fully saturated rings. The van der Waals surface area contributed by atoms with Crippen molar-refractivity contribution in [3.8, 4) is 0 Å². The second kappa shape index (κ2) is 4.73. The maximum absolute atomic E-state index is 12.2. The van der Waals surface area contributed by atoms with E-state index < -0.39 is 0 Å². The number of amides is 1. The average molecular weight is 236 g/mol. The van der Waals surface area contributed by atoms with Crippen LogP contribution in [-0.4, -0.2) is 33.7 Å². The first kappa shape index (κ1) is 13.5. The summed E-state index contributed by atoms with van der Waals surface area (Å²) in [4.78, 5) is 28.0. The third kappa shape index (κ3) is 2.96. The molecule has 1 rings (SSSR count). The van der Waals surface area contributed by atoms with E-state index in [1.807, 2.05) is 27.7 Å². The first-order valence-electron chi connectivity index (χ1n) is 5.79. The zero-order valence-corrected chi connectivity index (χ0v) is 11.1. The number of carbonyl (C=O) groups excluding carboxylic acids is 2. The third-order valence-electron chi connectivity index (χ3n) is 2.67. The molecule has 0 bridgehead atoms. The third-order valence-corrected chi connectivity index (χ3v) is 2.67. The molecule has 0 aromatic carbocycles. The van der Waals surface area contributed by atoms with Crippen molar-refractivity contribution in [2.75, 3.05) is 6.54 Å². The monoisotopic (exact) mass is 236 g/mol. The smallest absolute Gasteiger partial charge is 0.270 e. The van der Waals surface area contributed by atoms with Crippen molar-refractivity contribution < 1.29 is 9.59 Å². The van der Waals surface area contributed by atoms with Crippen LogP contribution in [0.15, 0.2) is 12.1 Å². The van der Waals surface area contributed by atoms with Gasteiger partial charge in [-0.15, -0.1) is 0 Å². The van der Waals surface area contributed by atoms with E-state index in [1.54, 1.807) is 17.0 Å². The van der Waals surface area contributed by atoms with E-state index in [-0.39, 0.29) is 17.2 Å². The first-order valence-corrected chi connectivity index (χ1v) is 5.79. The van der Waals surface area contributed by atoms with Crippen molar-refractivity contribution in [3.63, 3.8) is 0 Å². The highest BCUT2D eigenvalue weighted by Crippen LogP contribution is 2.16. The van der Waals surface area contributed by atoms with E-state index >= 15 is 0 Å². The summed E-state index contributed by atoms with van der Waals surface area (Å²) in [5.41, 5.74) is 0.707. The van der Waals surface area contributed by atoms with E-state index in [9.17, 15) is 9.59 Å². The Bertz CT molecular complexity index is 427. The lowest BCUT2D eigenvalue weighted by molar-refractivity contribution is 0.0593. The average Bonchev–Trinajstić information content (AvgIpc) is 2.64. The summed E-state index contributed by atoms with van der Waals surface area (Å²) in [5.74, 6) is -0.143. The van der Waals surface area contributed by atoms with Crippen LogP contribution in [0.4, 0.5) is 0 Å². The quantitative estimate of drug-likeness (QED) is 0.820. The van der Waals surface area contributed by atoms with E-state index in [0.29, 0.717) is 17.9 Å². The van der Waals surface area contributed by atoms with Gasteiger partial charge in [0.2, 0.25) is 0 Å². The van der Waals surface area contributed by atoms with Gasteiger partial charge in [0, 0.05) is 19.0 Å². The predicted octanol–water partition coefficient (Wildman–Crippen LogP) is 2.48. The van der Waals surface area contributed by atoms with Gasteiger partial charge < -0.3 is 9.88 Å². The molecule has 1 aromatic heterocycles. The molecule has 4 nitrogen and oxygen atoms in total. The minimum absolute atomic E-state index is 0.0668. The van der Waals surface area contributed by atoms with Crippen LogP contribution < -0.4 is 0 Å². The van der Waals surface area contributed by atoms with Crippen LogP contribution in [0.5, 0.6) is 0 Å². The van der Waals surface area contributed by atoms with Gasteiger partial charge in [0.15, 0.2) is 5.78 Å². The van der Waals surface area contributed by atoms with E-state index in [2.05, 4.69) is 4.98 Å². The van der Waals surface area contributed by atoms with Gasteiger partial charge in [-0.3, -0.25) is 9.59 Å². The molecule has 0 unspecified atom stereocenters. The number of hydrogen-bond acceptors (Lipinski definition) is 2. The predicted molar refractivity (Wildman–Crippen MR) is 67.3 cm³/mol. The van der Waals surface area contributed by atoms with E-state index in [4.69, 9.17) is 0 Å². The number of aromatic nitrogens is 1. The molecule has 0 aliphatic heterocycles. The number of Topliss-reactive ketones (excluding diaryl/α,β-unsaturated/α-hetero) is 1. The maximum atomic E-state index is 12.2. The molecule has 1 aromatic rings. The molecule has 0 saturated carbocycles. The Morgan fingerprint density at radius 2 is 1.76 bits per heavy atom.